The van der Waals surface area contributed by atoms with Gasteiger partial charge in [-0.05, 0) is 41.3 Å². The van der Waals surface area contributed by atoms with E-state index in [4.69, 9.17) is 27.7 Å². The predicted octanol–water partition coefficient (Wildman–Crippen LogP) is 5.95. The number of benzene rings is 2. The number of hydrogen-bond donors (Lipinski definition) is 1. The first kappa shape index (κ1) is 18.7. The van der Waals surface area contributed by atoms with Gasteiger partial charge in [0, 0.05) is 10.7 Å². The van der Waals surface area contributed by atoms with Crippen molar-refractivity contribution in [2.24, 2.45) is 0 Å². The molecule has 1 amide bonds. The monoisotopic (exact) mass is 429 g/mol. The van der Waals surface area contributed by atoms with E-state index in [2.05, 4.69) is 15.5 Å². The second kappa shape index (κ2) is 8.14. The van der Waals surface area contributed by atoms with Crippen molar-refractivity contribution < 1.29 is 9.32 Å². The number of anilines is 1. The molecule has 0 aliphatic carbocycles. The van der Waals surface area contributed by atoms with E-state index in [1.807, 2.05) is 41.8 Å². The van der Waals surface area contributed by atoms with Crippen LogP contribution in [-0.4, -0.2) is 16.0 Å². The normalized spacial score (nSPS) is 10.8. The van der Waals surface area contributed by atoms with Crippen LogP contribution in [0.3, 0.4) is 0 Å². The molecular formula is C20H13Cl2N3O2S. The average molecular weight is 430 g/mol. The third-order valence-electron chi connectivity index (χ3n) is 3.99. The first-order valence-corrected chi connectivity index (χ1v) is 9.94. The topological polar surface area (TPSA) is 68.0 Å². The van der Waals surface area contributed by atoms with E-state index in [-0.39, 0.29) is 5.91 Å². The Morgan fingerprint density at radius 2 is 1.96 bits per heavy atom. The molecule has 0 saturated carbocycles. The van der Waals surface area contributed by atoms with Gasteiger partial charge in [-0.2, -0.15) is 4.98 Å². The molecule has 140 valence electrons. The standard InChI is InChI=1S/C20H13Cl2N3O2S/c21-13-7-8-14(15(22)11-13)20(26)23-16-5-2-1-4-12(16)10-18-24-19(25-27-18)17-6-3-9-28-17/h1-9,11H,10H2,(H,23,26). The number of rotatable bonds is 5. The smallest absolute Gasteiger partial charge is 0.257 e. The third kappa shape index (κ3) is 4.09. The zero-order valence-corrected chi connectivity index (χ0v) is 16.7. The van der Waals surface area contributed by atoms with Crippen molar-refractivity contribution in [3.8, 4) is 10.7 Å². The van der Waals surface area contributed by atoms with Crippen molar-refractivity contribution in [2.75, 3.05) is 5.32 Å². The number of carbonyl (C=O) groups is 1. The average Bonchev–Trinajstić information content (AvgIpc) is 3.35. The Hall–Kier alpha value is -2.67. The number of amides is 1. The molecule has 5 nitrogen and oxygen atoms in total. The molecule has 0 atom stereocenters. The highest BCUT2D eigenvalue weighted by Gasteiger charge is 2.15. The van der Waals surface area contributed by atoms with Crippen molar-refractivity contribution in [1.82, 2.24) is 10.1 Å². The van der Waals surface area contributed by atoms with Crippen molar-refractivity contribution in [3.05, 3.63) is 87.0 Å². The first-order chi connectivity index (χ1) is 13.6. The lowest BCUT2D eigenvalue weighted by atomic mass is 10.1. The summed E-state index contributed by atoms with van der Waals surface area (Å²) in [5, 5.41) is 9.63. The van der Waals surface area contributed by atoms with Crippen LogP contribution >= 0.6 is 34.5 Å². The Morgan fingerprint density at radius 1 is 1.11 bits per heavy atom. The zero-order chi connectivity index (χ0) is 19.5. The Bertz CT molecular complexity index is 1130. The lowest BCUT2D eigenvalue weighted by molar-refractivity contribution is 0.102. The Kier molecular flexibility index (Phi) is 5.43. The van der Waals surface area contributed by atoms with E-state index in [1.54, 1.807) is 23.5 Å². The van der Waals surface area contributed by atoms with E-state index in [1.165, 1.54) is 6.07 Å². The lowest BCUT2D eigenvalue weighted by Gasteiger charge is -2.11. The number of aromatic nitrogens is 2. The zero-order valence-electron chi connectivity index (χ0n) is 14.4. The molecule has 1 N–H and O–H groups in total. The van der Waals surface area contributed by atoms with Gasteiger partial charge in [-0.25, -0.2) is 0 Å². The molecule has 2 heterocycles. The highest BCUT2D eigenvalue weighted by molar-refractivity contribution is 7.13. The van der Waals surface area contributed by atoms with Crippen LogP contribution in [0.4, 0.5) is 5.69 Å². The summed E-state index contributed by atoms with van der Waals surface area (Å²) >= 11 is 13.6. The maximum absolute atomic E-state index is 12.6. The second-order valence-electron chi connectivity index (χ2n) is 5.90. The molecule has 4 rings (SSSR count). The summed E-state index contributed by atoms with van der Waals surface area (Å²) < 4.78 is 5.37. The fraction of sp³-hybridized carbons (Fsp3) is 0.0500. The maximum Gasteiger partial charge on any atom is 0.257 e. The van der Waals surface area contributed by atoms with Gasteiger partial charge < -0.3 is 9.84 Å². The second-order valence-corrected chi connectivity index (χ2v) is 7.69. The Morgan fingerprint density at radius 3 is 2.75 bits per heavy atom. The number of halogens is 2. The summed E-state index contributed by atoms with van der Waals surface area (Å²) in [6.45, 7) is 0. The molecule has 0 saturated heterocycles. The van der Waals surface area contributed by atoms with Gasteiger partial charge in [0.1, 0.15) is 0 Å². The minimum absolute atomic E-state index is 0.292. The van der Waals surface area contributed by atoms with Gasteiger partial charge in [0.05, 0.1) is 21.9 Å². The Balaban J connectivity index is 1.55. The summed E-state index contributed by atoms with van der Waals surface area (Å²) in [5.41, 5.74) is 1.84. The van der Waals surface area contributed by atoms with Crippen LogP contribution < -0.4 is 5.32 Å². The highest BCUT2D eigenvalue weighted by atomic mass is 35.5. The molecule has 28 heavy (non-hydrogen) atoms. The van der Waals surface area contributed by atoms with Gasteiger partial charge in [-0.15, -0.1) is 11.3 Å². The predicted molar refractivity (Wildman–Crippen MR) is 111 cm³/mol. The number of para-hydroxylation sites is 1. The minimum atomic E-state index is -0.320. The van der Waals surface area contributed by atoms with E-state index in [0.717, 1.165) is 10.4 Å². The number of thiophene rings is 1. The SMILES string of the molecule is O=C(Nc1ccccc1Cc1nc(-c2cccs2)no1)c1ccc(Cl)cc1Cl. The fourth-order valence-corrected chi connectivity index (χ4v) is 3.80. The molecule has 0 bridgehead atoms. The maximum atomic E-state index is 12.6. The van der Waals surface area contributed by atoms with Crippen molar-refractivity contribution in [2.45, 2.75) is 6.42 Å². The van der Waals surface area contributed by atoms with E-state index in [9.17, 15) is 4.79 Å². The minimum Gasteiger partial charge on any atom is -0.339 e. The molecule has 0 aliphatic rings. The lowest BCUT2D eigenvalue weighted by Crippen LogP contribution is -2.14. The Labute approximate surface area is 174 Å². The van der Waals surface area contributed by atoms with Gasteiger partial charge in [-0.1, -0.05) is 52.6 Å². The van der Waals surface area contributed by atoms with Crippen LogP contribution in [0, 0.1) is 0 Å². The van der Waals surface area contributed by atoms with Gasteiger partial charge in [0.2, 0.25) is 11.7 Å². The summed E-state index contributed by atoms with van der Waals surface area (Å²) in [6, 6.07) is 16.1. The van der Waals surface area contributed by atoms with Crippen LogP contribution in [-0.2, 0) is 6.42 Å². The molecule has 4 aromatic rings. The molecule has 0 unspecified atom stereocenters. The molecule has 8 heteroatoms. The van der Waals surface area contributed by atoms with E-state index < -0.39 is 0 Å². The molecule has 2 aromatic heterocycles. The number of nitrogens with zero attached hydrogens (tertiary/aromatic N) is 2. The van der Waals surface area contributed by atoms with Gasteiger partial charge in [0.25, 0.3) is 5.91 Å². The number of carbonyl (C=O) groups excluding carboxylic acids is 1. The van der Waals surface area contributed by atoms with Gasteiger partial charge in [-0.3, -0.25) is 4.79 Å². The molecule has 0 radical (unpaired) electrons. The van der Waals surface area contributed by atoms with Crippen molar-refractivity contribution in [1.29, 1.82) is 0 Å². The first-order valence-electron chi connectivity index (χ1n) is 8.31. The number of hydrogen-bond acceptors (Lipinski definition) is 5. The summed E-state index contributed by atoms with van der Waals surface area (Å²) in [7, 11) is 0. The van der Waals surface area contributed by atoms with Gasteiger partial charge in [0.15, 0.2) is 0 Å². The molecule has 0 aliphatic heterocycles. The van der Waals surface area contributed by atoms with Crippen LogP contribution in [0.1, 0.15) is 21.8 Å². The van der Waals surface area contributed by atoms with Gasteiger partial charge >= 0.3 is 0 Å². The largest absolute Gasteiger partial charge is 0.339 e. The highest BCUT2D eigenvalue weighted by Crippen LogP contribution is 2.25. The summed E-state index contributed by atoms with van der Waals surface area (Å²) in [6.07, 6.45) is 0.392. The molecule has 2 aromatic carbocycles. The molecule has 0 spiro atoms. The fourth-order valence-electron chi connectivity index (χ4n) is 2.66. The summed E-state index contributed by atoms with van der Waals surface area (Å²) in [5.74, 6) is 0.702. The summed E-state index contributed by atoms with van der Waals surface area (Å²) in [4.78, 5) is 18.0. The quantitative estimate of drug-likeness (QED) is 0.425. The van der Waals surface area contributed by atoms with Crippen LogP contribution in [0.5, 0.6) is 0 Å². The third-order valence-corrected chi connectivity index (χ3v) is 5.41. The number of nitrogens with one attached hydrogen (secondary N) is 1. The van der Waals surface area contributed by atoms with Crippen LogP contribution in [0.15, 0.2) is 64.5 Å². The van der Waals surface area contributed by atoms with E-state index >= 15 is 0 Å². The van der Waals surface area contributed by atoms with Crippen molar-refractivity contribution in [3.63, 3.8) is 0 Å². The van der Waals surface area contributed by atoms with Crippen LogP contribution in [0.2, 0.25) is 10.0 Å². The van der Waals surface area contributed by atoms with Crippen LogP contribution in [0.25, 0.3) is 10.7 Å². The van der Waals surface area contributed by atoms with E-state index in [0.29, 0.717) is 39.4 Å². The molecule has 0 fully saturated rings. The molecular weight excluding hydrogens is 417 g/mol. The van der Waals surface area contributed by atoms with Crippen molar-refractivity contribution >= 4 is 46.1 Å².